The number of carbonyl (C=O) groups is 1. The molecule has 0 atom stereocenters. The van der Waals surface area contributed by atoms with Gasteiger partial charge in [0.2, 0.25) is 0 Å². The molecule has 0 aromatic carbocycles. The van der Waals surface area contributed by atoms with Crippen LogP contribution < -0.4 is 0 Å². The van der Waals surface area contributed by atoms with Crippen LogP contribution in [0, 0.1) is 0 Å². The predicted molar refractivity (Wildman–Crippen MR) is 86.8 cm³/mol. The predicted octanol–water partition coefficient (Wildman–Crippen LogP) is 5.44. The molecule has 0 heterocycles. The number of aliphatic carboxylic acids is 1. The number of carboxylic acids is 1. The van der Waals surface area contributed by atoms with Gasteiger partial charge in [0.05, 0.1) is 0 Å². The first-order valence-corrected chi connectivity index (χ1v) is 7.64. The maximum Gasteiger partial charge on any atom is 0.303 e. The summed E-state index contributed by atoms with van der Waals surface area (Å²) in [7, 11) is 0. The van der Waals surface area contributed by atoms with Gasteiger partial charge in [-0.25, -0.2) is 0 Å². The highest BCUT2D eigenvalue weighted by atomic mass is 16.4. The first-order valence-electron chi connectivity index (χ1n) is 7.64. The number of unbranched alkanes of at least 4 members (excludes halogenated alkanes) is 5. The number of carboxylic acid groups (broad SMARTS) is 1. The molecule has 0 aromatic rings. The van der Waals surface area contributed by atoms with Crippen LogP contribution in [0.3, 0.4) is 0 Å². The Bertz CT molecular complexity index is 335. The van der Waals surface area contributed by atoms with Crippen LogP contribution in [0.1, 0.15) is 58.3 Å². The van der Waals surface area contributed by atoms with Crippen LogP contribution in [0.2, 0.25) is 0 Å². The molecule has 2 heteroatoms. The quantitative estimate of drug-likeness (QED) is 0.381. The Hall–Kier alpha value is -1.57. The van der Waals surface area contributed by atoms with E-state index in [1.807, 2.05) is 24.3 Å². The van der Waals surface area contributed by atoms with E-state index in [9.17, 15) is 4.79 Å². The second-order valence-corrected chi connectivity index (χ2v) is 4.73. The summed E-state index contributed by atoms with van der Waals surface area (Å²) in [5.41, 5.74) is 0. The van der Waals surface area contributed by atoms with Crippen LogP contribution >= 0.6 is 0 Å². The van der Waals surface area contributed by atoms with E-state index in [2.05, 4.69) is 31.2 Å². The minimum Gasteiger partial charge on any atom is -0.481 e. The molecule has 0 amide bonds. The lowest BCUT2D eigenvalue weighted by molar-refractivity contribution is -0.137. The average Bonchev–Trinajstić information content (AvgIpc) is 2.43. The van der Waals surface area contributed by atoms with E-state index >= 15 is 0 Å². The van der Waals surface area contributed by atoms with Crippen molar-refractivity contribution in [3.63, 3.8) is 0 Å². The molecule has 20 heavy (non-hydrogen) atoms. The number of rotatable bonds is 12. The molecule has 0 bridgehead atoms. The van der Waals surface area contributed by atoms with Gasteiger partial charge in [-0.2, -0.15) is 0 Å². The molecule has 0 saturated carbocycles. The third-order valence-corrected chi connectivity index (χ3v) is 2.82. The molecule has 112 valence electrons. The molecule has 0 radical (unpaired) electrons. The Balaban J connectivity index is 3.35. The van der Waals surface area contributed by atoms with Crippen LogP contribution in [0.15, 0.2) is 48.6 Å². The summed E-state index contributed by atoms with van der Waals surface area (Å²) >= 11 is 0. The van der Waals surface area contributed by atoms with Gasteiger partial charge in [0.1, 0.15) is 0 Å². The minimum absolute atomic E-state index is 0.311. The summed E-state index contributed by atoms with van der Waals surface area (Å²) in [5.74, 6) is -0.682. The maximum atomic E-state index is 10.3. The van der Waals surface area contributed by atoms with E-state index in [0.717, 1.165) is 32.1 Å². The van der Waals surface area contributed by atoms with Crippen molar-refractivity contribution in [2.24, 2.45) is 0 Å². The highest BCUT2D eigenvalue weighted by molar-refractivity contribution is 5.66. The van der Waals surface area contributed by atoms with Gasteiger partial charge in [-0.1, -0.05) is 74.8 Å². The van der Waals surface area contributed by atoms with Gasteiger partial charge in [0.15, 0.2) is 0 Å². The van der Waals surface area contributed by atoms with Crippen molar-refractivity contribution in [3.8, 4) is 0 Å². The lowest BCUT2D eigenvalue weighted by atomic mass is 10.1. The van der Waals surface area contributed by atoms with Crippen molar-refractivity contribution in [3.05, 3.63) is 48.6 Å². The van der Waals surface area contributed by atoms with Crippen LogP contribution in [0.5, 0.6) is 0 Å². The summed E-state index contributed by atoms with van der Waals surface area (Å²) < 4.78 is 0. The average molecular weight is 276 g/mol. The monoisotopic (exact) mass is 276 g/mol. The fourth-order valence-corrected chi connectivity index (χ4v) is 1.71. The maximum absolute atomic E-state index is 10.3. The highest BCUT2D eigenvalue weighted by Gasteiger charge is 1.95. The van der Waals surface area contributed by atoms with Crippen molar-refractivity contribution in [1.82, 2.24) is 0 Å². The fourth-order valence-electron chi connectivity index (χ4n) is 1.71. The van der Waals surface area contributed by atoms with E-state index in [4.69, 9.17) is 5.11 Å². The summed E-state index contributed by atoms with van der Waals surface area (Å²) in [6.45, 7) is 2.12. The summed E-state index contributed by atoms with van der Waals surface area (Å²) in [6, 6.07) is 0. The van der Waals surface area contributed by atoms with E-state index < -0.39 is 5.97 Å². The molecule has 0 aliphatic heterocycles. The van der Waals surface area contributed by atoms with Crippen molar-refractivity contribution < 1.29 is 9.90 Å². The smallest absolute Gasteiger partial charge is 0.303 e. The zero-order chi connectivity index (χ0) is 14.9. The Labute approximate surface area is 123 Å². The van der Waals surface area contributed by atoms with E-state index in [1.54, 1.807) is 0 Å². The van der Waals surface area contributed by atoms with Gasteiger partial charge in [-0.05, 0) is 25.7 Å². The molecule has 1 N–H and O–H groups in total. The minimum atomic E-state index is -0.682. The second kappa shape index (κ2) is 15.5. The summed E-state index contributed by atoms with van der Waals surface area (Å²) in [6.07, 6.45) is 24.4. The summed E-state index contributed by atoms with van der Waals surface area (Å²) in [5, 5.41) is 8.49. The van der Waals surface area contributed by atoms with Crippen LogP contribution in [0.25, 0.3) is 0 Å². The zero-order valence-corrected chi connectivity index (χ0v) is 12.6. The number of hydrogen-bond donors (Lipinski definition) is 1. The lowest BCUT2D eigenvalue weighted by Gasteiger charge is -1.97. The van der Waals surface area contributed by atoms with Crippen LogP contribution in [-0.2, 0) is 4.79 Å². The Morgan fingerprint density at radius 2 is 1.35 bits per heavy atom. The first-order chi connectivity index (χ1) is 9.77. The molecule has 0 aliphatic rings. The molecule has 0 aliphatic carbocycles. The molecule has 2 nitrogen and oxygen atoms in total. The highest BCUT2D eigenvalue weighted by Crippen LogP contribution is 2.07. The molecular formula is C18H28O2. The fraction of sp³-hybridized carbons (Fsp3) is 0.500. The number of allylic oxidation sites excluding steroid dienone is 8. The van der Waals surface area contributed by atoms with Gasteiger partial charge in [-0.15, -0.1) is 0 Å². The van der Waals surface area contributed by atoms with Gasteiger partial charge in [-0.3, -0.25) is 4.79 Å². The molecule has 0 unspecified atom stereocenters. The second-order valence-electron chi connectivity index (χ2n) is 4.73. The van der Waals surface area contributed by atoms with Gasteiger partial charge < -0.3 is 5.11 Å². The third-order valence-electron chi connectivity index (χ3n) is 2.82. The topological polar surface area (TPSA) is 37.3 Å². The van der Waals surface area contributed by atoms with E-state index in [-0.39, 0.29) is 0 Å². The molecule has 0 rings (SSSR count). The Morgan fingerprint density at radius 3 is 2.00 bits per heavy atom. The third kappa shape index (κ3) is 16.4. The normalized spacial score (nSPS) is 12.4. The zero-order valence-electron chi connectivity index (χ0n) is 12.6. The standard InChI is InChI=1S/C18H28O2/c1-2-3-4-5-6-7-8-9-10-11-12-13-14-15-16-17-18(19)20/h3-10H,2,11-17H2,1H3,(H,19,20)/b4-3+,6-5+,8-7+,10-9+. The lowest BCUT2D eigenvalue weighted by Crippen LogP contribution is -1.93. The molecule has 0 fully saturated rings. The Kier molecular flexibility index (Phi) is 14.3. The van der Waals surface area contributed by atoms with Gasteiger partial charge in [0, 0.05) is 6.42 Å². The van der Waals surface area contributed by atoms with Crippen LogP contribution in [-0.4, -0.2) is 11.1 Å². The Morgan fingerprint density at radius 1 is 0.800 bits per heavy atom. The van der Waals surface area contributed by atoms with Gasteiger partial charge >= 0.3 is 5.97 Å². The van der Waals surface area contributed by atoms with Crippen molar-refractivity contribution in [1.29, 1.82) is 0 Å². The summed E-state index contributed by atoms with van der Waals surface area (Å²) in [4.78, 5) is 10.3. The van der Waals surface area contributed by atoms with Crippen molar-refractivity contribution in [2.45, 2.75) is 58.3 Å². The molecule has 0 saturated heterocycles. The van der Waals surface area contributed by atoms with Crippen molar-refractivity contribution >= 4 is 5.97 Å². The largest absolute Gasteiger partial charge is 0.481 e. The van der Waals surface area contributed by atoms with Crippen LogP contribution in [0.4, 0.5) is 0 Å². The van der Waals surface area contributed by atoms with E-state index in [1.165, 1.54) is 12.8 Å². The van der Waals surface area contributed by atoms with E-state index in [0.29, 0.717) is 6.42 Å². The molecular weight excluding hydrogens is 248 g/mol. The number of hydrogen-bond acceptors (Lipinski definition) is 1. The molecule has 0 aromatic heterocycles. The van der Waals surface area contributed by atoms with Crippen molar-refractivity contribution in [2.75, 3.05) is 0 Å². The molecule has 0 spiro atoms. The SMILES string of the molecule is CC/C=C/C=C/C=C/C=C/CCCCCCCC(=O)O. The van der Waals surface area contributed by atoms with Gasteiger partial charge in [0.25, 0.3) is 0 Å². The first kappa shape index (κ1) is 18.4.